The van der Waals surface area contributed by atoms with Crippen molar-refractivity contribution in [2.45, 2.75) is 19.8 Å². The van der Waals surface area contributed by atoms with Gasteiger partial charge in [0.05, 0.1) is 11.7 Å². The minimum atomic E-state index is 0.364. The third-order valence-corrected chi connectivity index (χ3v) is 2.09. The maximum absolute atomic E-state index is 5.66. The van der Waals surface area contributed by atoms with Gasteiger partial charge in [-0.1, -0.05) is 13.3 Å². The molecule has 1 aromatic rings. The molecule has 0 saturated heterocycles. The van der Waals surface area contributed by atoms with Crippen molar-refractivity contribution in [2.24, 2.45) is 10.7 Å². The Morgan fingerprint density at radius 3 is 2.85 bits per heavy atom. The molecule has 6 heteroatoms. The lowest BCUT2D eigenvalue weighted by atomic mass is 10.3. The largest absolute Gasteiger partial charge is 0.382 e. The molecule has 1 heterocycles. The molecule has 0 bridgehead atoms. The average Bonchev–Trinajstić information content (AvgIpc) is 2.52. The average molecular weight is 199 g/mol. The summed E-state index contributed by atoms with van der Waals surface area (Å²) in [6.07, 6.45) is 2.12. The number of nitrogens with zero attached hydrogens (tertiary/aromatic N) is 3. The summed E-state index contributed by atoms with van der Waals surface area (Å²) < 4.78 is 7.76. The van der Waals surface area contributed by atoms with Crippen LogP contribution in [-0.2, 0) is 0 Å². The van der Waals surface area contributed by atoms with Crippen LogP contribution in [0.4, 0.5) is 5.82 Å². The zero-order valence-corrected chi connectivity index (χ0v) is 8.34. The lowest BCUT2D eigenvalue weighted by molar-refractivity contribution is 0.807. The van der Waals surface area contributed by atoms with E-state index >= 15 is 0 Å². The number of anilines is 1. The second kappa shape index (κ2) is 4.76. The summed E-state index contributed by atoms with van der Waals surface area (Å²) in [5, 5.41) is 0. The van der Waals surface area contributed by atoms with Crippen LogP contribution in [0.1, 0.15) is 25.5 Å². The fourth-order valence-corrected chi connectivity index (χ4v) is 1.29. The van der Waals surface area contributed by atoms with E-state index in [1.807, 2.05) is 0 Å². The highest BCUT2D eigenvalue weighted by molar-refractivity contribution is 6.99. The van der Waals surface area contributed by atoms with Gasteiger partial charge in [0.15, 0.2) is 11.5 Å². The highest BCUT2D eigenvalue weighted by atomic mass is 32.1. The summed E-state index contributed by atoms with van der Waals surface area (Å²) in [7, 11) is 0. The number of aromatic nitrogens is 2. The zero-order valence-electron chi connectivity index (χ0n) is 7.53. The van der Waals surface area contributed by atoms with Crippen LogP contribution in [0, 0.1) is 0 Å². The van der Waals surface area contributed by atoms with Gasteiger partial charge in [0, 0.05) is 6.54 Å². The van der Waals surface area contributed by atoms with Crippen LogP contribution in [0.5, 0.6) is 0 Å². The minimum Gasteiger partial charge on any atom is -0.382 e. The lowest BCUT2D eigenvalue weighted by Crippen LogP contribution is -2.16. The van der Waals surface area contributed by atoms with E-state index in [9.17, 15) is 0 Å². The zero-order chi connectivity index (χ0) is 9.68. The first kappa shape index (κ1) is 9.91. The number of aliphatic imine (C=N–C) groups is 1. The first-order valence-corrected chi connectivity index (χ1v) is 4.87. The molecule has 0 aliphatic rings. The van der Waals surface area contributed by atoms with Gasteiger partial charge in [0.1, 0.15) is 5.84 Å². The molecular formula is C7H13N5S. The fourth-order valence-electron chi connectivity index (χ4n) is 0.806. The number of amidine groups is 1. The molecule has 0 aliphatic heterocycles. The molecule has 0 saturated carbocycles. The third kappa shape index (κ3) is 2.66. The Morgan fingerprint density at radius 1 is 1.54 bits per heavy atom. The van der Waals surface area contributed by atoms with E-state index < -0.39 is 0 Å². The molecular weight excluding hydrogens is 186 g/mol. The van der Waals surface area contributed by atoms with Crippen molar-refractivity contribution in [2.75, 3.05) is 12.3 Å². The predicted octanol–water partition coefficient (Wildman–Crippen LogP) is 0.626. The third-order valence-electron chi connectivity index (χ3n) is 1.55. The van der Waals surface area contributed by atoms with Crippen molar-refractivity contribution in [3.05, 3.63) is 5.69 Å². The molecule has 0 spiro atoms. The normalized spacial score (nSPS) is 11.9. The van der Waals surface area contributed by atoms with Gasteiger partial charge in [-0.05, 0) is 6.42 Å². The number of hydrogen-bond acceptors (Lipinski definition) is 5. The van der Waals surface area contributed by atoms with Crippen LogP contribution in [0.2, 0.25) is 0 Å². The van der Waals surface area contributed by atoms with Gasteiger partial charge in [-0.2, -0.15) is 8.75 Å². The van der Waals surface area contributed by atoms with E-state index in [1.165, 1.54) is 0 Å². The Hall–Kier alpha value is -1.17. The summed E-state index contributed by atoms with van der Waals surface area (Å²) in [4.78, 5) is 4.14. The molecule has 13 heavy (non-hydrogen) atoms. The van der Waals surface area contributed by atoms with Gasteiger partial charge in [0.25, 0.3) is 0 Å². The second-order valence-electron chi connectivity index (χ2n) is 2.62. The first-order valence-electron chi connectivity index (χ1n) is 4.14. The van der Waals surface area contributed by atoms with Crippen LogP contribution in [0.3, 0.4) is 0 Å². The van der Waals surface area contributed by atoms with Gasteiger partial charge in [-0.25, -0.2) is 0 Å². The fraction of sp³-hybridized carbons (Fsp3) is 0.571. The monoisotopic (exact) mass is 199 g/mol. The molecule has 72 valence electrons. The summed E-state index contributed by atoms with van der Waals surface area (Å²) >= 11 is 1.05. The van der Waals surface area contributed by atoms with Crippen molar-refractivity contribution >= 4 is 23.4 Å². The molecule has 0 amide bonds. The van der Waals surface area contributed by atoms with Crippen molar-refractivity contribution in [1.82, 2.24) is 8.75 Å². The van der Waals surface area contributed by atoms with Gasteiger partial charge < -0.3 is 11.5 Å². The van der Waals surface area contributed by atoms with Crippen molar-refractivity contribution < 1.29 is 0 Å². The van der Waals surface area contributed by atoms with E-state index in [-0.39, 0.29) is 0 Å². The number of nitrogen functional groups attached to an aromatic ring is 1. The highest BCUT2D eigenvalue weighted by Gasteiger charge is 2.07. The maximum atomic E-state index is 5.66. The van der Waals surface area contributed by atoms with E-state index in [2.05, 4.69) is 20.7 Å². The Morgan fingerprint density at radius 2 is 2.31 bits per heavy atom. The topological polar surface area (TPSA) is 90.2 Å². The Balaban J connectivity index is 2.62. The number of rotatable bonds is 4. The summed E-state index contributed by atoms with van der Waals surface area (Å²) in [5.41, 5.74) is 11.7. The highest BCUT2D eigenvalue weighted by Crippen LogP contribution is 2.06. The quantitative estimate of drug-likeness (QED) is 0.422. The van der Waals surface area contributed by atoms with Crippen LogP contribution >= 0.6 is 11.7 Å². The summed E-state index contributed by atoms with van der Waals surface area (Å²) in [6, 6.07) is 0. The summed E-state index contributed by atoms with van der Waals surface area (Å²) in [5.74, 6) is 0.752. The van der Waals surface area contributed by atoms with Crippen LogP contribution in [0.25, 0.3) is 0 Å². The van der Waals surface area contributed by atoms with E-state index in [4.69, 9.17) is 11.5 Å². The lowest BCUT2D eigenvalue weighted by Gasteiger charge is -1.96. The SMILES string of the molecule is CCCCN=C(N)c1nsnc1N. The second-order valence-corrected chi connectivity index (χ2v) is 3.15. The van der Waals surface area contributed by atoms with Gasteiger partial charge in [-0.15, -0.1) is 0 Å². The Bertz CT molecular complexity index is 293. The van der Waals surface area contributed by atoms with Crippen molar-refractivity contribution in [1.29, 1.82) is 0 Å². The molecule has 0 radical (unpaired) electrons. The van der Waals surface area contributed by atoms with Gasteiger partial charge in [-0.3, -0.25) is 4.99 Å². The molecule has 1 rings (SSSR count). The van der Waals surface area contributed by atoms with Gasteiger partial charge in [0.2, 0.25) is 0 Å². The molecule has 0 aliphatic carbocycles. The number of unbranched alkanes of at least 4 members (excludes halogenated alkanes) is 1. The molecule has 0 unspecified atom stereocenters. The van der Waals surface area contributed by atoms with Crippen LogP contribution in [-0.4, -0.2) is 21.1 Å². The van der Waals surface area contributed by atoms with E-state index in [0.29, 0.717) is 17.3 Å². The number of nitrogens with two attached hydrogens (primary N) is 2. The molecule has 0 fully saturated rings. The smallest absolute Gasteiger partial charge is 0.168 e. The van der Waals surface area contributed by atoms with E-state index in [0.717, 1.165) is 31.1 Å². The van der Waals surface area contributed by atoms with Crippen molar-refractivity contribution in [3.8, 4) is 0 Å². The maximum Gasteiger partial charge on any atom is 0.168 e. The molecule has 5 nitrogen and oxygen atoms in total. The summed E-state index contributed by atoms with van der Waals surface area (Å²) in [6.45, 7) is 2.82. The Kier molecular flexibility index (Phi) is 3.63. The van der Waals surface area contributed by atoms with Crippen LogP contribution in [0.15, 0.2) is 4.99 Å². The standard InChI is InChI=1S/C7H13N5S/c1-2-3-4-10-6(8)5-7(9)12-13-11-5/h2-4H2,1H3,(H2,8,10)(H2,9,12). The Labute approximate surface area is 81.2 Å². The molecule has 0 atom stereocenters. The molecule has 4 N–H and O–H groups in total. The van der Waals surface area contributed by atoms with Gasteiger partial charge >= 0.3 is 0 Å². The first-order chi connectivity index (χ1) is 6.25. The minimum absolute atomic E-state index is 0.364. The molecule has 0 aromatic carbocycles. The number of hydrogen-bond donors (Lipinski definition) is 2. The predicted molar refractivity (Wildman–Crippen MR) is 54.8 cm³/mol. The van der Waals surface area contributed by atoms with Crippen LogP contribution < -0.4 is 11.5 Å². The molecule has 1 aromatic heterocycles. The van der Waals surface area contributed by atoms with E-state index in [1.54, 1.807) is 0 Å². The van der Waals surface area contributed by atoms with Crippen molar-refractivity contribution in [3.63, 3.8) is 0 Å².